The lowest BCUT2D eigenvalue weighted by Crippen LogP contribution is -2.52. The van der Waals surface area contributed by atoms with E-state index in [-0.39, 0.29) is 47.0 Å². The number of piperidine rings is 3. The van der Waals surface area contributed by atoms with E-state index >= 15 is 0 Å². The molecule has 1 aromatic heterocycles. The molecule has 65 heavy (non-hydrogen) atoms. The number of hydrogen-bond donors (Lipinski definition) is 1. The molecule has 9 rings (SSSR count). The Morgan fingerprint density at radius 3 is 2.26 bits per heavy atom. The summed E-state index contributed by atoms with van der Waals surface area (Å²) in [6.45, 7) is 2.97. The summed E-state index contributed by atoms with van der Waals surface area (Å²) in [5.74, 6) is 0.945. The molecule has 4 aliphatic rings. The zero-order chi connectivity index (χ0) is 45.7. The third-order valence-electron chi connectivity index (χ3n) is 12.3. The fourth-order valence-corrected chi connectivity index (χ4v) is 11.2. The van der Waals surface area contributed by atoms with Crippen LogP contribution in [0.5, 0.6) is 17.2 Å². The highest BCUT2D eigenvalue weighted by Crippen LogP contribution is 2.37. The number of esters is 1. The van der Waals surface area contributed by atoms with Crippen LogP contribution in [-0.2, 0) is 37.3 Å². The van der Waals surface area contributed by atoms with Crippen LogP contribution >= 0.6 is 23.2 Å². The number of ether oxygens (including phenoxy) is 5. The molecular formula is C48H50Cl2N4O10S. The van der Waals surface area contributed by atoms with Gasteiger partial charge in [0.1, 0.15) is 40.7 Å². The molecule has 2 bridgehead atoms. The van der Waals surface area contributed by atoms with Crippen LogP contribution in [0.15, 0.2) is 114 Å². The van der Waals surface area contributed by atoms with Crippen LogP contribution in [0.2, 0.25) is 10.0 Å². The van der Waals surface area contributed by atoms with E-state index in [1.807, 2.05) is 48.5 Å². The first-order valence-electron chi connectivity index (χ1n) is 21.5. The number of carbonyl (C=O) groups is 2. The summed E-state index contributed by atoms with van der Waals surface area (Å²) in [6, 6.07) is 26.8. The molecule has 1 amide bonds. The molecule has 342 valence electrons. The monoisotopic (exact) mass is 944 g/mol. The summed E-state index contributed by atoms with van der Waals surface area (Å²) in [7, 11) is -1.24. The van der Waals surface area contributed by atoms with Crippen molar-refractivity contribution < 1.29 is 46.4 Å². The maximum atomic E-state index is 14.3. The van der Waals surface area contributed by atoms with E-state index in [0.29, 0.717) is 51.0 Å². The molecule has 4 aromatic carbocycles. The summed E-state index contributed by atoms with van der Waals surface area (Å²) in [4.78, 5) is 29.8. The number of nitrogens with one attached hydrogen (secondary N) is 1. The van der Waals surface area contributed by atoms with Crippen LogP contribution in [0.1, 0.15) is 65.6 Å². The lowest BCUT2D eigenvalue weighted by Gasteiger charge is -2.43. The Bertz CT molecular complexity index is 2590. The van der Waals surface area contributed by atoms with Gasteiger partial charge in [-0.1, -0.05) is 83.9 Å². The van der Waals surface area contributed by atoms with E-state index in [4.69, 9.17) is 46.9 Å². The SMILES string of the molecule is COc1ccc([C@H](Cc2c(Cl)c[n+]([O-])cc2Cl)OC(=O)[C@@H]2CCCN2S(=O)(=O)c2cccc(COc3cccc([C@@H](NC(=O)O[C@H]4CN5CCC4CC5)c4ccccc4)c3)c2)cc1OC. The van der Waals surface area contributed by atoms with E-state index in [1.165, 1.54) is 30.7 Å². The molecule has 4 atom stereocenters. The van der Waals surface area contributed by atoms with Crippen LogP contribution in [0.3, 0.4) is 0 Å². The average Bonchev–Trinajstić information content (AvgIpc) is 3.83. The summed E-state index contributed by atoms with van der Waals surface area (Å²) in [6.07, 6.45) is 3.35. The number of fused-ring (bicyclic) bond motifs is 3. The van der Waals surface area contributed by atoms with Gasteiger partial charge >= 0.3 is 12.1 Å². The first kappa shape index (κ1) is 46.0. The number of methoxy groups -OCH3 is 2. The molecule has 5 aromatic rings. The Hall–Kier alpha value is -5.58. The topological polar surface area (TPSA) is 160 Å². The van der Waals surface area contributed by atoms with Crippen LogP contribution in [-0.4, -0.2) is 82.2 Å². The van der Waals surface area contributed by atoms with Crippen molar-refractivity contribution in [2.24, 2.45) is 5.92 Å². The second kappa shape index (κ2) is 20.3. The number of hydrogen-bond acceptors (Lipinski definition) is 11. The van der Waals surface area contributed by atoms with Gasteiger partial charge in [-0.2, -0.15) is 9.04 Å². The minimum absolute atomic E-state index is 0.00732. The predicted molar refractivity (Wildman–Crippen MR) is 242 cm³/mol. The maximum Gasteiger partial charge on any atom is 0.408 e. The number of aromatic nitrogens is 1. The van der Waals surface area contributed by atoms with E-state index in [0.717, 1.165) is 56.0 Å². The lowest BCUT2D eigenvalue weighted by molar-refractivity contribution is -0.605. The van der Waals surface area contributed by atoms with Crippen molar-refractivity contribution in [3.63, 3.8) is 0 Å². The van der Waals surface area contributed by atoms with Crippen LogP contribution in [0, 0.1) is 11.1 Å². The molecule has 4 aliphatic heterocycles. The number of sulfonamides is 1. The maximum absolute atomic E-state index is 14.3. The van der Waals surface area contributed by atoms with Crippen molar-refractivity contribution in [2.45, 2.75) is 67.9 Å². The van der Waals surface area contributed by atoms with Crippen LogP contribution < -0.4 is 24.3 Å². The van der Waals surface area contributed by atoms with Gasteiger partial charge in [0.25, 0.3) is 0 Å². The van der Waals surface area contributed by atoms with E-state index < -0.39 is 40.3 Å². The van der Waals surface area contributed by atoms with Crippen molar-refractivity contribution in [1.82, 2.24) is 14.5 Å². The molecular weight excluding hydrogens is 896 g/mol. The molecule has 17 heteroatoms. The summed E-state index contributed by atoms with van der Waals surface area (Å²) in [5.41, 5.74) is 3.10. The van der Waals surface area contributed by atoms with E-state index in [2.05, 4.69) is 10.2 Å². The molecule has 0 radical (unpaired) electrons. The molecule has 14 nitrogen and oxygen atoms in total. The highest BCUT2D eigenvalue weighted by Gasteiger charge is 2.42. The van der Waals surface area contributed by atoms with Gasteiger partial charge in [-0.3, -0.25) is 9.69 Å². The quantitative estimate of drug-likeness (QED) is 0.0584. The molecule has 0 spiro atoms. The highest BCUT2D eigenvalue weighted by molar-refractivity contribution is 7.89. The average molecular weight is 946 g/mol. The number of rotatable bonds is 16. The number of nitrogens with zero attached hydrogens (tertiary/aromatic N) is 3. The second-order valence-corrected chi connectivity index (χ2v) is 19.1. The molecule has 4 saturated heterocycles. The van der Waals surface area contributed by atoms with Crippen molar-refractivity contribution >= 4 is 45.3 Å². The summed E-state index contributed by atoms with van der Waals surface area (Å²) in [5, 5.41) is 15.2. The third kappa shape index (κ3) is 10.6. The standard InChI is InChI=1S/C48H50Cl2N4O10S/c1-60-42-17-16-34(25-44(42)61-2)43(26-38-39(49)27-53(57)28-40(38)50)63-47(55)41-15-8-20-54(41)65(58,59)37-14-6-9-31(23-37)30-62-36-13-7-12-35(24-36)46(33-10-4-3-5-11-33)51-48(56)64-45-29-52-21-18-32(45)19-22-52/h3-7,9-14,16-17,23-25,27-28,32,41,43,45-46H,8,15,18-22,26,29-30H2,1-2H3,(H,51,56)/t41-,43-,45-,46-/m0/s1. The highest BCUT2D eigenvalue weighted by atomic mass is 35.5. The Kier molecular flexibility index (Phi) is 14.4. The molecule has 5 heterocycles. The van der Waals surface area contributed by atoms with Crippen molar-refractivity contribution in [3.05, 3.63) is 153 Å². The Morgan fingerprint density at radius 1 is 0.831 bits per heavy atom. The molecule has 0 unspecified atom stereocenters. The first-order chi connectivity index (χ1) is 31.4. The normalized spacial score (nSPS) is 20.4. The zero-order valence-electron chi connectivity index (χ0n) is 35.9. The molecule has 4 fully saturated rings. The Balaban J connectivity index is 0.965. The molecule has 0 saturated carbocycles. The number of benzene rings is 4. The number of halogens is 2. The minimum Gasteiger partial charge on any atom is -0.619 e. The van der Waals surface area contributed by atoms with Gasteiger partial charge in [0.15, 0.2) is 23.9 Å². The van der Waals surface area contributed by atoms with Crippen molar-refractivity contribution in [1.29, 1.82) is 0 Å². The van der Waals surface area contributed by atoms with Gasteiger partial charge in [0, 0.05) is 25.1 Å². The summed E-state index contributed by atoms with van der Waals surface area (Å²) < 4.78 is 59.6. The van der Waals surface area contributed by atoms with Gasteiger partial charge in [-0.25, -0.2) is 13.2 Å². The predicted octanol–water partition coefficient (Wildman–Crippen LogP) is 7.81. The smallest absolute Gasteiger partial charge is 0.408 e. The van der Waals surface area contributed by atoms with Gasteiger partial charge in [-0.15, -0.1) is 0 Å². The number of pyridine rings is 1. The molecule has 1 N–H and O–H groups in total. The van der Waals surface area contributed by atoms with Gasteiger partial charge in [0.2, 0.25) is 10.0 Å². The number of amides is 1. The second-order valence-electron chi connectivity index (χ2n) is 16.4. The Morgan fingerprint density at radius 2 is 1.55 bits per heavy atom. The minimum atomic E-state index is -4.20. The lowest BCUT2D eigenvalue weighted by atomic mass is 9.86. The van der Waals surface area contributed by atoms with E-state index in [1.54, 1.807) is 36.4 Å². The zero-order valence-corrected chi connectivity index (χ0v) is 38.3. The van der Waals surface area contributed by atoms with Crippen molar-refractivity contribution in [2.75, 3.05) is 40.4 Å². The van der Waals surface area contributed by atoms with Gasteiger partial charge in [0.05, 0.1) is 25.2 Å². The van der Waals surface area contributed by atoms with Gasteiger partial charge < -0.3 is 34.2 Å². The summed E-state index contributed by atoms with van der Waals surface area (Å²) >= 11 is 12.9. The largest absolute Gasteiger partial charge is 0.619 e. The number of alkyl carbamates (subject to hydrolysis) is 1. The van der Waals surface area contributed by atoms with E-state index in [9.17, 15) is 23.2 Å². The van der Waals surface area contributed by atoms with Crippen molar-refractivity contribution in [3.8, 4) is 17.2 Å². The Labute approximate surface area is 388 Å². The van der Waals surface area contributed by atoms with Gasteiger partial charge in [-0.05, 0) is 103 Å². The fourth-order valence-electron chi connectivity index (χ4n) is 8.89. The van der Waals surface area contributed by atoms with Crippen LogP contribution in [0.25, 0.3) is 0 Å². The van der Waals surface area contributed by atoms with Crippen LogP contribution in [0.4, 0.5) is 4.79 Å². The third-order valence-corrected chi connectivity index (χ3v) is 14.9. The number of carbonyl (C=O) groups excluding carboxylic acids is 2. The fraction of sp³-hybridized carbons (Fsp3) is 0.354. The first-order valence-corrected chi connectivity index (χ1v) is 23.7. The molecule has 0 aliphatic carbocycles.